The number of rotatable bonds is 6. The van der Waals surface area contributed by atoms with Crippen molar-refractivity contribution in [3.63, 3.8) is 0 Å². The van der Waals surface area contributed by atoms with Gasteiger partial charge in [-0.3, -0.25) is 4.90 Å². The molecule has 0 saturated heterocycles. The highest BCUT2D eigenvalue weighted by atomic mass is 16.5. The lowest BCUT2D eigenvalue weighted by Gasteiger charge is -2.19. The van der Waals surface area contributed by atoms with E-state index in [1.54, 1.807) is 6.08 Å². The quantitative estimate of drug-likeness (QED) is 0.583. The number of imidazole rings is 1. The Kier molecular flexibility index (Phi) is 4.65. The molecule has 1 aliphatic heterocycles. The van der Waals surface area contributed by atoms with Crippen molar-refractivity contribution in [1.82, 2.24) is 29.2 Å². The zero-order valence-electron chi connectivity index (χ0n) is 13.0. The molecule has 3 rings (SSSR count). The van der Waals surface area contributed by atoms with Crippen LogP contribution in [0.2, 0.25) is 0 Å². The molecular formula is C15H22N6O. The zero-order valence-corrected chi connectivity index (χ0v) is 13.0. The molecule has 3 heterocycles. The molecule has 0 fully saturated rings. The summed E-state index contributed by atoms with van der Waals surface area (Å²) in [6, 6.07) is 0. The Bertz CT molecular complexity index is 632. The number of hydrogen-bond acceptors (Lipinski definition) is 5. The van der Waals surface area contributed by atoms with Crippen LogP contribution < -0.4 is 0 Å². The van der Waals surface area contributed by atoms with Crippen molar-refractivity contribution in [3.8, 4) is 0 Å². The Labute approximate surface area is 130 Å². The summed E-state index contributed by atoms with van der Waals surface area (Å²) >= 11 is 0. The predicted octanol–water partition coefficient (Wildman–Crippen LogP) is 0.772. The molecule has 0 unspecified atom stereocenters. The van der Waals surface area contributed by atoms with Gasteiger partial charge in [0.15, 0.2) is 5.82 Å². The summed E-state index contributed by atoms with van der Waals surface area (Å²) in [5.74, 6) is 3.03. The summed E-state index contributed by atoms with van der Waals surface area (Å²) < 4.78 is 9.74. The molecular weight excluding hydrogens is 280 g/mol. The van der Waals surface area contributed by atoms with Gasteiger partial charge in [-0.05, 0) is 0 Å². The van der Waals surface area contributed by atoms with E-state index in [-0.39, 0.29) is 0 Å². The maximum Gasteiger partial charge on any atom is 0.159 e. The highest BCUT2D eigenvalue weighted by Gasteiger charge is 2.19. The molecule has 118 valence electrons. The third-order valence-corrected chi connectivity index (χ3v) is 3.95. The van der Waals surface area contributed by atoms with Crippen LogP contribution in [0.5, 0.6) is 0 Å². The van der Waals surface area contributed by atoms with Crippen LogP contribution in [0.25, 0.3) is 0 Å². The van der Waals surface area contributed by atoms with E-state index in [0.717, 1.165) is 50.1 Å². The topological polar surface area (TPSA) is 61.0 Å². The third kappa shape index (κ3) is 3.26. The molecule has 1 aliphatic rings. The van der Waals surface area contributed by atoms with Crippen LogP contribution in [-0.2, 0) is 37.9 Å². The first-order valence-electron chi connectivity index (χ1n) is 7.56. The first kappa shape index (κ1) is 14.9. The van der Waals surface area contributed by atoms with Crippen LogP contribution in [-0.4, -0.2) is 48.9 Å². The number of hydrogen-bond donors (Lipinski definition) is 0. The fourth-order valence-electron chi connectivity index (χ4n) is 2.67. The van der Waals surface area contributed by atoms with Gasteiger partial charge in [-0.2, -0.15) is 0 Å². The van der Waals surface area contributed by atoms with Crippen LogP contribution in [0.15, 0.2) is 25.0 Å². The summed E-state index contributed by atoms with van der Waals surface area (Å²) in [5, 5.41) is 8.55. The molecule has 7 heteroatoms. The molecule has 0 aliphatic carbocycles. The van der Waals surface area contributed by atoms with Gasteiger partial charge < -0.3 is 13.9 Å². The van der Waals surface area contributed by atoms with Crippen molar-refractivity contribution < 1.29 is 4.74 Å². The molecule has 0 atom stereocenters. The zero-order chi connectivity index (χ0) is 15.4. The smallest absolute Gasteiger partial charge is 0.159 e. The Balaban J connectivity index is 1.62. The maximum absolute atomic E-state index is 5.49. The molecule has 0 bridgehead atoms. The van der Waals surface area contributed by atoms with Crippen LogP contribution in [0.1, 0.15) is 17.5 Å². The number of ether oxygens (including phenoxy) is 1. The molecule has 0 amide bonds. The molecule has 0 N–H and O–H groups in total. The summed E-state index contributed by atoms with van der Waals surface area (Å²) in [5.41, 5.74) is 0. The molecule has 0 spiro atoms. The van der Waals surface area contributed by atoms with Crippen molar-refractivity contribution in [1.29, 1.82) is 0 Å². The van der Waals surface area contributed by atoms with Crippen LogP contribution >= 0.6 is 0 Å². The molecule has 0 aromatic carbocycles. The fraction of sp³-hybridized carbons (Fsp3) is 0.533. The van der Waals surface area contributed by atoms with Crippen molar-refractivity contribution >= 4 is 0 Å². The minimum atomic E-state index is 0.485. The number of aryl methyl sites for hydroxylation is 1. The predicted molar refractivity (Wildman–Crippen MR) is 82.1 cm³/mol. The number of nitrogens with zero attached hydrogens (tertiary/aromatic N) is 6. The lowest BCUT2D eigenvalue weighted by atomic mass is 10.3. The Morgan fingerprint density at radius 1 is 1.27 bits per heavy atom. The number of fused-ring (bicyclic) bond motifs is 1. The van der Waals surface area contributed by atoms with Crippen molar-refractivity contribution in [2.24, 2.45) is 7.05 Å². The molecule has 0 saturated carbocycles. The first-order chi connectivity index (χ1) is 10.8. The molecule has 0 radical (unpaired) electrons. The minimum absolute atomic E-state index is 0.485. The largest absolute Gasteiger partial charge is 0.369 e. The van der Waals surface area contributed by atoms with E-state index in [2.05, 4.69) is 35.8 Å². The average molecular weight is 302 g/mol. The van der Waals surface area contributed by atoms with Gasteiger partial charge in [0.05, 0.1) is 13.2 Å². The van der Waals surface area contributed by atoms with Gasteiger partial charge in [-0.15, -0.1) is 16.8 Å². The Hall–Kier alpha value is -1.99. The highest BCUT2D eigenvalue weighted by molar-refractivity contribution is 4.99. The SMILES string of the molecule is C=CCOCc1nnc2n1CCN(Cc1nccn1C)CC2. The first-order valence-corrected chi connectivity index (χ1v) is 7.56. The second kappa shape index (κ2) is 6.85. The van der Waals surface area contributed by atoms with Gasteiger partial charge in [0, 0.05) is 45.5 Å². The van der Waals surface area contributed by atoms with E-state index in [0.29, 0.717) is 13.2 Å². The van der Waals surface area contributed by atoms with E-state index >= 15 is 0 Å². The highest BCUT2D eigenvalue weighted by Crippen LogP contribution is 2.12. The Morgan fingerprint density at radius 2 is 2.18 bits per heavy atom. The van der Waals surface area contributed by atoms with E-state index in [1.807, 2.05) is 19.4 Å². The van der Waals surface area contributed by atoms with Gasteiger partial charge >= 0.3 is 0 Å². The minimum Gasteiger partial charge on any atom is -0.369 e. The second-order valence-corrected chi connectivity index (χ2v) is 5.47. The standard InChI is InChI=1S/C15H22N6O/c1-3-10-22-12-15-18-17-13-4-6-20(8-9-21(13)15)11-14-16-5-7-19(14)2/h3,5,7H,1,4,6,8-12H2,2H3. The van der Waals surface area contributed by atoms with Crippen LogP contribution in [0, 0.1) is 0 Å². The summed E-state index contributed by atoms with van der Waals surface area (Å²) in [6.07, 6.45) is 6.47. The van der Waals surface area contributed by atoms with E-state index in [9.17, 15) is 0 Å². The normalized spacial score (nSPS) is 15.5. The summed E-state index contributed by atoms with van der Waals surface area (Å²) in [6.45, 7) is 8.36. The summed E-state index contributed by atoms with van der Waals surface area (Å²) in [7, 11) is 2.03. The lowest BCUT2D eigenvalue weighted by molar-refractivity contribution is 0.139. The average Bonchev–Trinajstić information content (AvgIpc) is 3.03. The molecule has 22 heavy (non-hydrogen) atoms. The maximum atomic E-state index is 5.49. The van der Waals surface area contributed by atoms with E-state index < -0.39 is 0 Å². The summed E-state index contributed by atoms with van der Waals surface area (Å²) in [4.78, 5) is 6.81. The van der Waals surface area contributed by atoms with E-state index in [4.69, 9.17) is 4.74 Å². The van der Waals surface area contributed by atoms with Gasteiger partial charge in [-0.1, -0.05) is 6.08 Å². The molecule has 7 nitrogen and oxygen atoms in total. The van der Waals surface area contributed by atoms with Crippen molar-refractivity contribution in [2.75, 3.05) is 19.7 Å². The molecule has 2 aromatic heterocycles. The van der Waals surface area contributed by atoms with Crippen molar-refractivity contribution in [2.45, 2.75) is 26.1 Å². The second-order valence-electron chi connectivity index (χ2n) is 5.47. The number of aromatic nitrogens is 5. The van der Waals surface area contributed by atoms with Gasteiger partial charge in [0.1, 0.15) is 18.3 Å². The lowest BCUT2D eigenvalue weighted by Crippen LogP contribution is -2.28. The monoisotopic (exact) mass is 302 g/mol. The van der Waals surface area contributed by atoms with Gasteiger partial charge in [0.25, 0.3) is 0 Å². The fourth-order valence-corrected chi connectivity index (χ4v) is 2.67. The van der Waals surface area contributed by atoms with E-state index in [1.165, 1.54) is 0 Å². The van der Waals surface area contributed by atoms with Crippen LogP contribution in [0.4, 0.5) is 0 Å². The molecule has 2 aromatic rings. The van der Waals surface area contributed by atoms with Gasteiger partial charge in [-0.25, -0.2) is 4.98 Å². The Morgan fingerprint density at radius 3 is 2.95 bits per heavy atom. The van der Waals surface area contributed by atoms with Crippen molar-refractivity contribution in [3.05, 3.63) is 42.5 Å². The third-order valence-electron chi connectivity index (χ3n) is 3.95. The van der Waals surface area contributed by atoms with Crippen LogP contribution in [0.3, 0.4) is 0 Å². The van der Waals surface area contributed by atoms with Gasteiger partial charge in [0.2, 0.25) is 0 Å².